The van der Waals surface area contributed by atoms with E-state index >= 15 is 0 Å². The van der Waals surface area contributed by atoms with Crippen LogP contribution in [0.1, 0.15) is 18.1 Å². The minimum Gasteiger partial charge on any atom is -0.493 e. The second kappa shape index (κ2) is 13.1. The first-order valence-corrected chi connectivity index (χ1v) is 12.1. The largest absolute Gasteiger partial charge is 0.493 e. The van der Waals surface area contributed by atoms with Crippen LogP contribution in [-0.4, -0.2) is 25.8 Å². The van der Waals surface area contributed by atoms with Crippen molar-refractivity contribution in [3.05, 3.63) is 114 Å². The lowest BCUT2D eigenvalue weighted by molar-refractivity contribution is -0.147. The lowest BCUT2D eigenvalue weighted by atomic mass is 10.1. The van der Waals surface area contributed by atoms with Crippen LogP contribution in [0.3, 0.4) is 0 Å². The van der Waals surface area contributed by atoms with E-state index in [0.29, 0.717) is 36.9 Å². The monoisotopic (exact) mass is 498 g/mol. The van der Waals surface area contributed by atoms with Crippen molar-refractivity contribution >= 4 is 5.97 Å². The summed E-state index contributed by atoms with van der Waals surface area (Å²) in [4.78, 5) is 12.8. The Morgan fingerprint density at radius 2 is 1.35 bits per heavy atom. The van der Waals surface area contributed by atoms with Crippen molar-refractivity contribution in [2.45, 2.75) is 26.1 Å². The van der Waals surface area contributed by atoms with Crippen LogP contribution in [0.4, 0.5) is 0 Å². The molecule has 0 bridgehead atoms. The maximum atomic E-state index is 12.8. The molecular formula is C31H30O6. The minimum atomic E-state index is -0.747. The molecule has 0 heterocycles. The summed E-state index contributed by atoms with van der Waals surface area (Å²) < 4.78 is 28.6. The second-order valence-corrected chi connectivity index (χ2v) is 8.22. The van der Waals surface area contributed by atoms with E-state index in [0.717, 1.165) is 22.6 Å². The van der Waals surface area contributed by atoms with Crippen LogP contribution in [0.15, 0.2) is 103 Å². The van der Waals surface area contributed by atoms with Gasteiger partial charge in [-0.2, -0.15) is 0 Å². The fourth-order valence-corrected chi connectivity index (χ4v) is 3.70. The number of methoxy groups -OCH3 is 1. The van der Waals surface area contributed by atoms with Crippen LogP contribution >= 0.6 is 0 Å². The van der Waals surface area contributed by atoms with E-state index in [4.69, 9.17) is 23.7 Å². The van der Waals surface area contributed by atoms with E-state index in [1.54, 1.807) is 19.2 Å². The Balaban J connectivity index is 1.40. The Bertz CT molecular complexity index is 1260. The molecule has 0 fully saturated rings. The van der Waals surface area contributed by atoms with E-state index in [1.807, 2.05) is 97.9 Å². The summed E-state index contributed by atoms with van der Waals surface area (Å²) in [6.07, 6.45) is -0.408. The summed E-state index contributed by atoms with van der Waals surface area (Å²) in [7, 11) is 1.60. The van der Waals surface area contributed by atoms with Crippen LogP contribution in [0.5, 0.6) is 28.7 Å². The van der Waals surface area contributed by atoms with Crippen molar-refractivity contribution in [2.24, 2.45) is 0 Å². The Labute approximate surface area is 217 Å². The van der Waals surface area contributed by atoms with E-state index in [-0.39, 0.29) is 0 Å². The molecule has 0 aliphatic carbocycles. The first kappa shape index (κ1) is 25.8. The Kier molecular flexibility index (Phi) is 9.16. The number of benzene rings is 4. The Morgan fingerprint density at radius 1 is 0.730 bits per heavy atom. The molecule has 0 aliphatic rings. The summed E-state index contributed by atoms with van der Waals surface area (Å²) in [5.41, 5.74) is 1.84. The van der Waals surface area contributed by atoms with Gasteiger partial charge in [-0.15, -0.1) is 0 Å². The molecular weight excluding hydrogens is 468 g/mol. The molecule has 37 heavy (non-hydrogen) atoms. The number of esters is 1. The smallest absolute Gasteiger partial charge is 0.340 e. The van der Waals surface area contributed by atoms with Crippen molar-refractivity contribution in [2.75, 3.05) is 13.7 Å². The maximum Gasteiger partial charge on any atom is 0.340 e. The fraction of sp³-hybridized carbons (Fsp3) is 0.194. The lowest BCUT2D eigenvalue weighted by Gasteiger charge is -2.17. The van der Waals surface area contributed by atoms with Crippen molar-refractivity contribution in [1.82, 2.24) is 0 Å². The molecule has 0 amide bonds. The first-order chi connectivity index (χ1) is 18.1. The minimum absolute atomic E-state index is 0.339. The number of carbonyl (C=O) groups is 1. The van der Waals surface area contributed by atoms with Crippen LogP contribution in [-0.2, 0) is 22.6 Å². The summed E-state index contributed by atoms with van der Waals surface area (Å²) in [6, 6.07) is 31.9. The number of ether oxygens (including phenoxy) is 5. The van der Waals surface area contributed by atoms with Gasteiger partial charge in [-0.1, -0.05) is 54.6 Å². The molecule has 4 aromatic rings. The van der Waals surface area contributed by atoms with Crippen LogP contribution < -0.4 is 18.9 Å². The number of hydrogen-bond donors (Lipinski definition) is 0. The third-order valence-electron chi connectivity index (χ3n) is 5.54. The molecule has 190 valence electrons. The van der Waals surface area contributed by atoms with Gasteiger partial charge in [-0.25, -0.2) is 4.79 Å². The van der Waals surface area contributed by atoms with Gasteiger partial charge < -0.3 is 23.7 Å². The predicted molar refractivity (Wildman–Crippen MR) is 141 cm³/mol. The molecule has 1 unspecified atom stereocenters. The first-order valence-electron chi connectivity index (χ1n) is 12.1. The van der Waals surface area contributed by atoms with Gasteiger partial charge in [0.2, 0.25) is 0 Å². The summed E-state index contributed by atoms with van der Waals surface area (Å²) in [5.74, 6) is 2.76. The number of para-hydroxylation sites is 2. The van der Waals surface area contributed by atoms with Crippen molar-refractivity contribution in [1.29, 1.82) is 0 Å². The average molecular weight is 499 g/mol. The number of rotatable bonds is 12. The normalized spacial score (nSPS) is 11.4. The highest BCUT2D eigenvalue weighted by molar-refractivity contribution is 5.77. The quantitative estimate of drug-likeness (QED) is 0.162. The summed E-state index contributed by atoms with van der Waals surface area (Å²) in [5, 5.41) is 0. The average Bonchev–Trinajstić information content (AvgIpc) is 2.93. The molecule has 0 aliphatic heterocycles. The molecule has 0 aromatic heterocycles. The van der Waals surface area contributed by atoms with Gasteiger partial charge in [0.1, 0.15) is 23.9 Å². The molecule has 4 rings (SSSR count). The summed E-state index contributed by atoms with van der Waals surface area (Å²) in [6.45, 7) is 2.58. The highest BCUT2D eigenvalue weighted by Crippen LogP contribution is 2.30. The van der Waals surface area contributed by atoms with Crippen LogP contribution in [0.25, 0.3) is 0 Å². The Morgan fingerprint density at radius 3 is 2.00 bits per heavy atom. The standard InChI is InChI=1S/C31H30O6/c1-3-34-30(31(32)37-26-12-8-5-9-13-26)21-24-16-19-28(33-2)29(20-24)35-22-23-14-17-27(18-15-23)36-25-10-6-4-7-11-25/h4-20,30H,3,21-22H2,1-2H3. The van der Waals surface area contributed by atoms with Crippen molar-refractivity contribution in [3.8, 4) is 28.7 Å². The van der Waals surface area contributed by atoms with Gasteiger partial charge in [0, 0.05) is 13.0 Å². The van der Waals surface area contributed by atoms with Crippen LogP contribution in [0, 0.1) is 0 Å². The van der Waals surface area contributed by atoms with Gasteiger partial charge >= 0.3 is 5.97 Å². The molecule has 0 saturated carbocycles. The van der Waals surface area contributed by atoms with E-state index in [2.05, 4.69) is 0 Å². The third kappa shape index (κ3) is 7.59. The molecule has 0 saturated heterocycles. The number of hydrogen-bond acceptors (Lipinski definition) is 6. The zero-order valence-electron chi connectivity index (χ0n) is 21.0. The number of carbonyl (C=O) groups excluding carboxylic acids is 1. The van der Waals surface area contributed by atoms with Gasteiger partial charge in [0.25, 0.3) is 0 Å². The molecule has 0 N–H and O–H groups in total. The van der Waals surface area contributed by atoms with E-state index < -0.39 is 12.1 Å². The second-order valence-electron chi connectivity index (χ2n) is 8.22. The van der Waals surface area contributed by atoms with Crippen molar-refractivity contribution < 1.29 is 28.5 Å². The zero-order chi connectivity index (χ0) is 25.9. The van der Waals surface area contributed by atoms with E-state index in [1.165, 1.54) is 0 Å². The zero-order valence-corrected chi connectivity index (χ0v) is 21.0. The molecule has 1 atom stereocenters. The molecule has 0 spiro atoms. The predicted octanol–water partition coefficient (Wildman–Crippen LogP) is 6.62. The fourth-order valence-electron chi connectivity index (χ4n) is 3.70. The SMILES string of the molecule is CCOC(Cc1ccc(OC)c(OCc2ccc(Oc3ccccc3)cc2)c1)C(=O)Oc1ccccc1. The highest BCUT2D eigenvalue weighted by atomic mass is 16.6. The molecule has 4 aromatic carbocycles. The highest BCUT2D eigenvalue weighted by Gasteiger charge is 2.22. The lowest BCUT2D eigenvalue weighted by Crippen LogP contribution is -2.31. The van der Waals surface area contributed by atoms with E-state index in [9.17, 15) is 4.79 Å². The molecule has 6 heteroatoms. The van der Waals surface area contributed by atoms with Gasteiger partial charge in [0.15, 0.2) is 17.6 Å². The van der Waals surface area contributed by atoms with Crippen molar-refractivity contribution in [3.63, 3.8) is 0 Å². The molecule has 6 nitrogen and oxygen atoms in total. The van der Waals surface area contributed by atoms with Crippen LogP contribution in [0.2, 0.25) is 0 Å². The maximum absolute atomic E-state index is 12.8. The summed E-state index contributed by atoms with van der Waals surface area (Å²) >= 11 is 0. The Hall–Kier alpha value is -4.29. The van der Waals surface area contributed by atoms with Gasteiger partial charge in [0.05, 0.1) is 7.11 Å². The topological polar surface area (TPSA) is 63.2 Å². The van der Waals surface area contributed by atoms with Gasteiger partial charge in [-0.05, 0) is 66.6 Å². The molecule has 0 radical (unpaired) electrons. The van der Waals surface area contributed by atoms with Gasteiger partial charge in [-0.3, -0.25) is 0 Å². The third-order valence-corrected chi connectivity index (χ3v) is 5.54.